The minimum atomic E-state index is -0.527. The largest absolute Gasteiger partial charge is 0.327 e. The van der Waals surface area contributed by atoms with Gasteiger partial charge in [0.15, 0.2) is 0 Å². The minimum Gasteiger partial charge on any atom is -0.327 e. The number of nitrogens with zero attached hydrogens (tertiary/aromatic N) is 2. The van der Waals surface area contributed by atoms with Gasteiger partial charge in [-0.05, 0) is 50.1 Å². The molecule has 7 heteroatoms. The van der Waals surface area contributed by atoms with E-state index in [2.05, 4.69) is 10.3 Å². The molecule has 0 bridgehead atoms. The van der Waals surface area contributed by atoms with Crippen LogP contribution >= 0.6 is 23.2 Å². The number of hydrogen-bond donors (Lipinski definition) is 1. The average molecular weight is 378 g/mol. The Morgan fingerprint density at radius 3 is 2.72 bits per heavy atom. The van der Waals surface area contributed by atoms with E-state index in [1.807, 2.05) is 6.92 Å². The second-order valence-electron chi connectivity index (χ2n) is 5.96. The molecule has 1 aromatic carbocycles. The molecule has 25 heavy (non-hydrogen) atoms. The second-order valence-corrected chi connectivity index (χ2v) is 6.80. The van der Waals surface area contributed by atoms with Gasteiger partial charge in [-0.25, -0.2) is 0 Å². The number of carbonyl (C=O) groups is 2. The molecule has 2 aromatic rings. The van der Waals surface area contributed by atoms with Gasteiger partial charge in [0.1, 0.15) is 6.04 Å². The first kappa shape index (κ1) is 17.7. The van der Waals surface area contributed by atoms with Gasteiger partial charge in [0.25, 0.3) is 5.91 Å². The number of likely N-dealkylation sites (tertiary alicyclic amines) is 1. The lowest BCUT2D eigenvalue weighted by Gasteiger charge is -2.24. The third kappa shape index (κ3) is 3.94. The first-order valence-corrected chi connectivity index (χ1v) is 8.71. The summed E-state index contributed by atoms with van der Waals surface area (Å²) in [4.78, 5) is 31.1. The van der Waals surface area contributed by atoms with Gasteiger partial charge in [0.05, 0.1) is 16.3 Å². The lowest BCUT2D eigenvalue weighted by Crippen LogP contribution is -2.43. The number of aryl methyl sites for hydroxylation is 1. The smallest absolute Gasteiger partial charge is 0.256 e. The Morgan fingerprint density at radius 1 is 1.24 bits per heavy atom. The number of rotatable bonds is 3. The minimum absolute atomic E-state index is 0.188. The van der Waals surface area contributed by atoms with E-state index in [1.165, 1.54) is 0 Å². The van der Waals surface area contributed by atoms with Crippen LogP contribution in [0.25, 0.3) is 0 Å². The second kappa shape index (κ2) is 7.42. The summed E-state index contributed by atoms with van der Waals surface area (Å²) in [6.45, 7) is 2.40. The molecule has 0 saturated carbocycles. The van der Waals surface area contributed by atoms with Gasteiger partial charge in [-0.2, -0.15) is 0 Å². The Labute approximate surface area is 155 Å². The number of amides is 2. The number of aromatic nitrogens is 1. The van der Waals surface area contributed by atoms with Crippen molar-refractivity contribution in [3.63, 3.8) is 0 Å². The maximum Gasteiger partial charge on any atom is 0.256 e. The maximum atomic E-state index is 12.7. The van der Waals surface area contributed by atoms with Crippen LogP contribution < -0.4 is 5.32 Å². The van der Waals surface area contributed by atoms with Crippen LogP contribution in [0, 0.1) is 6.92 Å². The highest BCUT2D eigenvalue weighted by atomic mass is 35.5. The number of nitrogens with one attached hydrogen (secondary N) is 1. The first-order chi connectivity index (χ1) is 12.0. The molecule has 1 atom stereocenters. The van der Waals surface area contributed by atoms with E-state index in [9.17, 15) is 9.59 Å². The van der Waals surface area contributed by atoms with Gasteiger partial charge in [-0.1, -0.05) is 23.2 Å². The fourth-order valence-corrected chi connectivity index (χ4v) is 3.31. The molecule has 0 spiro atoms. The molecule has 1 N–H and O–H groups in total. The third-order valence-electron chi connectivity index (χ3n) is 4.16. The molecule has 2 amide bonds. The first-order valence-electron chi connectivity index (χ1n) is 7.95. The molecular formula is C18H17Cl2N3O2. The van der Waals surface area contributed by atoms with Crippen molar-refractivity contribution in [1.82, 2.24) is 9.88 Å². The van der Waals surface area contributed by atoms with Gasteiger partial charge in [0.2, 0.25) is 5.91 Å². The van der Waals surface area contributed by atoms with Crippen molar-refractivity contribution in [2.75, 3.05) is 11.9 Å². The van der Waals surface area contributed by atoms with Gasteiger partial charge < -0.3 is 10.2 Å². The summed E-state index contributed by atoms with van der Waals surface area (Å²) < 4.78 is 0. The maximum absolute atomic E-state index is 12.7. The Hall–Kier alpha value is -2.11. The Bertz CT molecular complexity index is 808. The van der Waals surface area contributed by atoms with Gasteiger partial charge in [0, 0.05) is 23.5 Å². The molecule has 1 fully saturated rings. The predicted molar refractivity (Wildman–Crippen MR) is 98.1 cm³/mol. The number of benzene rings is 1. The molecule has 130 valence electrons. The Balaban J connectivity index is 1.75. The zero-order chi connectivity index (χ0) is 18.0. The summed E-state index contributed by atoms with van der Waals surface area (Å²) in [5.41, 5.74) is 1.80. The van der Waals surface area contributed by atoms with Crippen LogP contribution in [0.5, 0.6) is 0 Å². The summed E-state index contributed by atoms with van der Waals surface area (Å²) in [5.74, 6) is -0.442. The van der Waals surface area contributed by atoms with Gasteiger partial charge >= 0.3 is 0 Å². The van der Waals surface area contributed by atoms with Crippen LogP contribution in [0.15, 0.2) is 36.5 Å². The van der Waals surface area contributed by atoms with Crippen LogP contribution in [-0.2, 0) is 4.79 Å². The van der Waals surface area contributed by atoms with Crippen molar-refractivity contribution in [3.05, 3.63) is 57.8 Å². The highest BCUT2D eigenvalue weighted by molar-refractivity contribution is 6.36. The summed E-state index contributed by atoms with van der Waals surface area (Å²) in [6, 6.07) is 7.85. The van der Waals surface area contributed by atoms with Crippen molar-refractivity contribution < 1.29 is 9.59 Å². The predicted octanol–water partition coefficient (Wildman–Crippen LogP) is 3.94. The van der Waals surface area contributed by atoms with Crippen molar-refractivity contribution in [3.8, 4) is 0 Å². The van der Waals surface area contributed by atoms with Crippen molar-refractivity contribution in [1.29, 1.82) is 0 Å². The van der Waals surface area contributed by atoms with Gasteiger partial charge in [-0.3, -0.25) is 14.6 Å². The molecule has 0 aliphatic carbocycles. The average Bonchev–Trinajstić information content (AvgIpc) is 3.07. The molecule has 5 nitrogen and oxygen atoms in total. The van der Waals surface area contributed by atoms with Crippen molar-refractivity contribution in [2.24, 2.45) is 0 Å². The number of carbonyl (C=O) groups excluding carboxylic acids is 2. The zero-order valence-corrected chi connectivity index (χ0v) is 15.1. The summed E-state index contributed by atoms with van der Waals surface area (Å²) in [7, 11) is 0. The topological polar surface area (TPSA) is 62.3 Å². The molecule has 1 aliphatic heterocycles. The molecule has 1 aromatic heterocycles. The van der Waals surface area contributed by atoms with E-state index in [1.54, 1.807) is 41.4 Å². The zero-order valence-electron chi connectivity index (χ0n) is 13.6. The van der Waals surface area contributed by atoms with E-state index in [0.29, 0.717) is 34.3 Å². The van der Waals surface area contributed by atoms with E-state index in [-0.39, 0.29) is 11.8 Å². The number of anilines is 1. The van der Waals surface area contributed by atoms with Crippen molar-refractivity contribution in [2.45, 2.75) is 25.8 Å². The molecular weight excluding hydrogens is 361 g/mol. The lowest BCUT2D eigenvalue weighted by atomic mass is 10.1. The number of halogens is 2. The Kier molecular flexibility index (Phi) is 5.25. The highest BCUT2D eigenvalue weighted by Crippen LogP contribution is 2.27. The van der Waals surface area contributed by atoms with Crippen LogP contribution in [-0.4, -0.2) is 34.3 Å². The summed E-state index contributed by atoms with van der Waals surface area (Å²) >= 11 is 12.0. The van der Waals surface area contributed by atoms with E-state index < -0.39 is 6.04 Å². The lowest BCUT2D eigenvalue weighted by molar-refractivity contribution is -0.119. The van der Waals surface area contributed by atoms with Gasteiger partial charge in [-0.15, -0.1) is 0 Å². The SMILES string of the molecule is Cc1ccc(C(=O)N2CCCC2C(=O)Nc2ccc(Cl)cc2Cl)cn1. The van der Waals surface area contributed by atoms with E-state index in [0.717, 1.165) is 12.1 Å². The quantitative estimate of drug-likeness (QED) is 0.880. The number of pyridine rings is 1. The fourth-order valence-electron chi connectivity index (χ4n) is 2.85. The molecule has 1 aliphatic rings. The number of hydrogen-bond acceptors (Lipinski definition) is 3. The highest BCUT2D eigenvalue weighted by Gasteiger charge is 2.34. The van der Waals surface area contributed by atoms with E-state index in [4.69, 9.17) is 23.2 Å². The van der Waals surface area contributed by atoms with Crippen LogP contribution in [0.2, 0.25) is 10.0 Å². The van der Waals surface area contributed by atoms with Crippen molar-refractivity contribution >= 4 is 40.7 Å². The summed E-state index contributed by atoms with van der Waals surface area (Å²) in [6.07, 6.45) is 2.93. The standard InChI is InChI=1S/C18H17Cl2N3O2/c1-11-4-5-12(10-21-11)18(25)23-8-2-3-16(23)17(24)22-15-7-6-13(19)9-14(15)20/h4-7,9-10,16H,2-3,8H2,1H3,(H,22,24). The third-order valence-corrected chi connectivity index (χ3v) is 4.71. The summed E-state index contributed by atoms with van der Waals surface area (Å²) in [5, 5.41) is 3.64. The van der Waals surface area contributed by atoms with Crippen LogP contribution in [0.3, 0.4) is 0 Å². The monoisotopic (exact) mass is 377 g/mol. The van der Waals surface area contributed by atoms with Crippen LogP contribution in [0.1, 0.15) is 28.9 Å². The molecule has 2 heterocycles. The molecule has 1 saturated heterocycles. The van der Waals surface area contributed by atoms with Crippen LogP contribution in [0.4, 0.5) is 5.69 Å². The normalized spacial score (nSPS) is 16.8. The van der Waals surface area contributed by atoms with E-state index >= 15 is 0 Å². The molecule has 0 radical (unpaired) electrons. The Morgan fingerprint density at radius 2 is 2.04 bits per heavy atom. The fraction of sp³-hybridized carbons (Fsp3) is 0.278. The molecule has 3 rings (SSSR count). The molecule has 1 unspecified atom stereocenters.